The third kappa shape index (κ3) is 3.87. The topological polar surface area (TPSA) is 61.2 Å². The Morgan fingerprint density at radius 2 is 2.08 bits per heavy atom. The Bertz CT molecular complexity index is 996. The fourth-order valence-corrected chi connectivity index (χ4v) is 4.32. The predicted octanol–water partition coefficient (Wildman–Crippen LogP) is 3.59. The molecule has 0 unspecified atom stereocenters. The average Bonchev–Trinajstić information content (AvgIpc) is 3.04. The van der Waals surface area contributed by atoms with E-state index in [1.165, 1.54) is 42.2 Å². The summed E-state index contributed by atoms with van der Waals surface area (Å²) >= 11 is 2.61. The van der Waals surface area contributed by atoms with Gasteiger partial charge in [-0.05, 0) is 24.6 Å². The molecule has 0 aliphatic carbocycles. The number of hydrogen-bond donors (Lipinski definition) is 0. The molecule has 1 aromatic carbocycles. The molecule has 3 aromatic rings. The van der Waals surface area contributed by atoms with Crippen molar-refractivity contribution in [3.8, 4) is 11.1 Å². The number of rotatable bonds is 7. The lowest BCUT2D eigenvalue weighted by Crippen LogP contribution is -2.25. The number of fused-ring (bicyclic) bond motifs is 1. The number of aromatic nitrogens is 2. The number of Topliss-reactive ketones (excluding diaryl/α,β-unsaturated/α-hetero) is 1. The summed E-state index contributed by atoms with van der Waals surface area (Å²) in [5.74, 6) is -0.0612. The molecule has 0 aliphatic heterocycles. The van der Waals surface area contributed by atoms with Crippen molar-refractivity contribution in [3.05, 3.63) is 45.8 Å². The van der Waals surface area contributed by atoms with Crippen LogP contribution in [0.1, 0.15) is 6.92 Å². The van der Waals surface area contributed by atoms with Crippen LogP contribution >= 0.6 is 23.1 Å². The highest BCUT2D eigenvalue weighted by atomic mass is 32.2. The van der Waals surface area contributed by atoms with E-state index in [-0.39, 0.29) is 22.9 Å². The third-order valence-corrected chi connectivity index (χ3v) is 5.73. The van der Waals surface area contributed by atoms with Crippen LogP contribution in [0.3, 0.4) is 0 Å². The van der Waals surface area contributed by atoms with Gasteiger partial charge in [0, 0.05) is 18.1 Å². The zero-order chi connectivity index (χ0) is 18.7. The van der Waals surface area contributed by atoms with Crippen LogP contribution < -0.4 is 5.56 Å². The fraction of sp³-hybridized carbons (Fsp3) is 0.278. The number of ether oxygens (including phenoxy) is 1. The Kier molecular flexibility index (Phi) is 5.85. The molecular weight excluding hydrogens is 375 g/mol. The number of halogens is 1. The second kappa shape index (κ2) is 8.11. The number of methoxy groups -OCH3 is 1. The van der Waals surface area contributed by atoms with Crippen molar-refractivity contribution >= 4 is 39.1 Å². The van der Waals surface area contributed by atoms with E-state index in [1.54, 1.807) is 23.8 Å². The number of thiophene rings is 1. The highest BCUT2D eigenvalue weighted by molar-refractivity contribution is 7.99. The first-order chi connectivity index (χ1) is 12.5. The molecule has 0 saturated carbocycles. The van der Waals surface area contributed by atoms with Gasteiger partial charge in [0.1, 0.15) is 16.4 Å². The summed E-state index contributed by atoms with van der Waals surface area (Å²) in [4.78, 5) is 29.6. The first kappa shape index (κ1) is 18.8. The monoisotopic (exact) mass is 392 g/mol. The first-order valence-corrected chi connectivity index (χ1v) is 9.77. The molecule has 26 heavy (non-hydrogen) atoms. The number of nitrogens with zero attached hydrogens (tertiary/aromatic N) is 2. The molecule has 3 rings (SSSR count). The molecule has 0 bridgehead atoms. The number of hydrogen-bond acceptors (Lipinski definition) is 6. The van der Waals surface area contributed by atoms with Gasteiger partial charge in [0.2, 0.25) is 0 Å². The van der Waals surface area contributed by atoms with Gasteiger partial charge in [0.15, 0.2) is 5.16 Å². The molecule has 136 valence electrons. The smallest absolute Gasteiger partial charge is 0.263 e. The molecule has 0 aliphatic rings. The van der Waals surface area contributed by atoms with Gasteiger partial charge in [-0.2, -0.15) is 0 Å². The largest absolute Gasteiger partial charge is 0.383 e. The summed E-state index contributed by atoms with van der Waals surface area (Å²) in [5, 5.41) is 2.86. The van der Waals surface area contributed by atoms with Crippen LogP contribution in [-0.2, 0) is 16.1 Å². The normalized spacial score (nSPS) is 11.2. The van der Waals surface area contributed by atoms with Gasteiger partial charge in [-0.3, -0.25) is 14.2 Å². The zero-order valence-corrected chi connectivity index (χ0v) is 16.0. The zero-order valence-electron chi connectivity index (χ0n) is 14.3. The lowest BCUT2D eigenvalue weighted by atomic mass is 10.1. The van der Waals surface area contributed by atoms with Gasteiger partial charge in [0.25, 0.3) is 5.56 Å². The van der Waals surface area contributed by atoms with Gasteiger partial charge in [-0.15, -0.1) is 11.3 Å². The molecule has 0 saturated heterocycles. The van der Waals surface area contributed by atoms with Gasteiger partial charge in [-0.1, -0.05) is 23.9 Å². The molecule has 2 heterocycles. The molecule has 0 radical (unpaired) electrons. The highest BCUT2D eigenvalue weighted by Crippen LogP contribution is 2.32. The van der Waals surface area contributed by atoms with Crippen LogP contribution in [0.15, 0.2) is 39.6 Å². The van der Waals surface area contributed by atoms with Crippen molar-refractivity contribution in [2.75, 3.05) is 19.5 Å². The SMILES string of the molecule is COCCn1c(SCC(C)=O)nc2scc(-c3ccc(F)cc3)c2c1=O. The second-order valence-electron chi connectivity index (χ2n) is 5.67. The van der Waals surface area contributed by atoms with E-state index in [2.05, 4.69) is 4.98 Å². The Hall–Kier alpha value is -2.03. The highest BCUT2D eigenvalue weighted by Gasteiger charge is 2.17. The molecule has 8 heteroatoms. The summed E-state index contributed by atoms with van der Waals surface area (Å²) in [6.45, 7) is 2.20. The van der Waals surface area contributed by atoms with Crippen LogP contribution in [0.25, 0.3) is 21.3 Å². The maximum absolute atomic E-state index is 13.2. The standard InChI is InChI=1S/C18H17FN2O3S2/c1-11(22)9-26-18-20-16-15(17(23)21(18)7-8-24-2)14(10-25-16)12-3-5-13(19)6-4-12/h3-6,10H,7-9H2,1-2H3. The minimum absolute atomic E-state index is 0.0146. The number of thioether (sulfide) groups is 1. The van der Waals surface area contributed by atoms with Crippen LogP contribution in [-0.4, -0.2) is 34.8 Å². The van der Waals surface area contributed by atoms with Crippen molar-refractivity contribution in [3.63, 3.8) is 0 Å². The van der Waals surface area contributed by atoms with Gasteiger partial charge >= 0.3 is 0 Å². The summed E-state index contributed by atoms with van der Waals surface area (Å²) in [7, 11) is 1.56. The molecule has 0 amide bonds. The number of benzene rings is 1. The Morgan fingerprint density at radius 1 is 1.35 bits per heavy atom. The van der Waals surface area contributed by atoms with Gasteiger partial charge < -0.3 is 4.74 Å². The molecule has 2 aromatic heterocycles. The summed E-state index contributed by atoms with van der Waals surface area (Å²) in [6.07, 6.45) is 0. The minimum atomic E-state index is -0.327. The van der Waals surface area contributed by atoms with Crippen molar-refractivity contribution in [1.82, 2.24) is 9.55 Å². The van der Waals surface area contributed by atoms with Crippen LogP contribution in [0.5, 0.6) is 0 Å². The van der Waals surface area contributed by atoms with Crippen LogP contribution in [0.2, 0.25) is 0 Å². The second-order valence-corrected chi connectivity index (χ2v) is 7.47. The van der Waals surface area contributed by atoms with E-state index < -0.39 is 0 Å². The van der Waals surface area contributed by atoms with E-state index in [4.69, 9.17) is 4.74 Å². The Labute approximate surface area is 157 Å². The van der Waals surface area contributed by atoms with Crippen molar-refractivity contribution < 1.29 is 13.9 Å². The third-order valence-electron chi connectivity index (χ3n) is 3.74. The predicted molar refractivity (Wildman–Crippen MR) is 103 cm³/mol. The van der Waals surface area contributed by atoms with Crippen LogP contribution in [0, 0.1) is 5.82 Å². The molecule has 0 N–H and O–H groups in total. The molecule has 0 fully saturated rings. The molecule has 0 atom stereocenters. The quantitative estimate of drug-likeness (QED) is 0.454. The van der Waals surface area contributed by atoms with Crippen molar-refractivity contribution in [1.29, 1.82) is 0 Å². The van der Waals surface area contributed by atoms with E-state index in [1.807, 2.05) is 5.38 Å². The van der Waals surface area contributed by atoms with Gasteiger partial charge in [0.05, 0.1) is 24.3 Å². The molecular formula is C18H17FN2O3S2. The Balaban J connectivity index is 2.15. The van der Waals surface area contributed by atoms with Crippen molar-refractivity contribution in [2.45, 2.75) is 18.6 Å². The number of carbonyl (C=O) groups is 1. The number of carbonyl (C=O) groups excluding carboxylic acids is 1. The lowest BCUT2D eigenvalue weighted by molar-refractivity contribution is -0.114. The minimum Gasteiger partial charge on any atom is -0.383 e. The van der Waals surface area contributed by atoms with E-state index in [9.17, 15) is 14.0 Å². The summed E-state index contributed by atoms with van der Waals surface area (Å²) in [6, 6.07) is 6.03. The van der Waals surface area contributed by atoms with Crippen molar-refractivity contribution in [2.24, 2.45) is 0 Å². The van der Waals surface area contributed by atoms with E-state index >= 15 is 0 Å². The van der Waals surface area contributed by atoms with E-state index in [0.717, 1.165) is 11.1 Å². The maximum Gasteiger partial charge on any atom is 0.263 e. The van der Waals surface area contributed by atoms with E-state index in [0.29, 0.717) is 28.5 Å². The number of ketones is 1. The average molecular weight is 392 g/mol. The molecule has 0 spiro atoms. The summed E-state index contributed by atoms with van der Waals surface area (Å²) < 4.78 is 19.8. The fourth-order valence-electron chi connectivity index (χ4n) is 2.50. The van der Waals surface area contributed by atoms with Crippen LogP contribution in [0.4, 0.5) is 4.39 Å². The lowest BCUT2D eigenvalue weighted by Gasteiger charge is -2.11. The van der Waals surface area contributed by atoms with Gasteiger partial charge in [-0.25, -0.2) is 9.37 Å². The first-order valence-electron chi connectivity index (χ1n) is 7.90. The maximum atomic E-state index is 13.2. The Morgan fingerprint density at radius 3 is 2.73 bits per heavy atom. The summed E-state index contributed by atoms with van der Waals surface area (Å²) in [5.41, 5.74) is 1.31. The molecule has 5 nitrogen and oxygen atoms in total.